The lowest BCUT2D eigenvalue weighted by atomic mass is 10.0. The molecule has 0 unspecified atom stereocenters. The van der Waals surface area contributed by atoms with E-state index < -0.39 is 5.69 Å². The average molecular weight is 252 g/mol. The van der Waals surface area contributed by atoms with Crippen molar-refractivity contribution in [2.45, 2.75) is 6.92 Å². The van der Waals surface area contributed by atoms with Crippen LogP contribution in [0.4, 0.5) is 0 Å². The zero-order valence-electron chi connectivity index (χ0n) is 10.4. The van der Waals surface area contributed by atoms with E-state index in [1.165, 1.54) is 4.40 Å². The van der Waals surface area contributed by atoms with Crippen LogP contribution in [0.15, 0.2) is 58.3 Å². The number of hydrogen-bond acceptors (Lipinski definition) is 2. The first-order valence-corrected chi connectivity index (χ1v) is 5.97. The van der Waals surface area contributed by atoms with Gasteiger partial charge in [-0.25, -0.2) is 4.79 Å². The van der Waals surface area contributed by atoms with Crippen LogP contribution >= 0.6 is 0 Å². The number of aryl methyl sites for hydroxylation is 1. The number of fused-ring (bicyclic) bond motifs is 1. The van der Waals surface area contributed by atoms with E-state index in [1.807, 2.05) is 37.3 Å². The molecule has 0 aliphatic carbocycles. The predicted molar refractivity (Wildman–Crippen MR) is 74.5 cm³/mol. The minimum absolute atomic E-state index is 0.359. The third-order valence-corrected chi connectivity index (χ3v) is 3.09. The first-order valence-electron chi connectivity index (χ1n) is 5.97. The maximum Gasteiger partial charge on any atom is 0.332 e. The van der Waals surface area contributed by atoms with Crippen molar-refractivity contribution in [3.8, 4) is 11.1 Å². The lowest BCUT2D eigenvalue weighted by molar-refractivity contribution is 0.972. The van der Waals surface area contributed by atoms with Crippen LogP contribution in [0.3, 0.4) is 0 Å². The Bertz CT molecular complexity index is 875. The molecule has 0 aliphatic rings. The van der Waals surface area contributed by atoms with Gasteiger partial charge in [-0.1, -0.05) is 35.9 Å². The van der Waals surface area contributed by atoms with Crippen LogP contribution in [-0.4, -0.2) is 9.38 Å². The van der Waals surface area contributed by atoms with Gasteiger partial charge in [0.2, 0.25) is 0 Å². The standard InChI is InChI=1S/C15H12N2O2/c1-10-5-4-6-11(9-10)13-12-7-2-3-8-17(12)15(19)16-14(13)18/h2-9H,1H3,(H,16,18,19). The molecule has 1 aromatic carbocycles. The van der Waals surface area contributed by atoms with Gasteiger partial charge >= 0.3 is 5.69 Å². The summed E-state index contributed by atoms with van der Waals surface area (Å²) >= 11 is 0. The molecule has 0 saturated heterocycles. The molecule has 0 saturated carbocycles. The predicted octanol–water partition coefficient (Wildman–Crippen LogP) is 1.96. The maximum atomic E-state index is 12.1. The number of rotatable bonds is 1. The van der Waals surface area contributed by atoms with Crippen LogP contribution in [0.25, 0.3) is 16.6 Å². The molecule has 0 atom stereocenters. The summed E-state index contributed by atoms with van der Waals surface area (Å²) in [5.74, 6) is 0. The Kier molecular flexibility index (Phi) is 2.56. The van der Waals surface area contributed by atoms with Gasteiger partial charge in [0, 0.05) is 6.20 Å². The number of benzene rings is 1. The summed E-state index contributed by atoms with van der Waals surface area (Å²) in [4.78, 5) is 26.2. The Morgan fingerprint density at radius 1 is 1.05 bits per heavy atom. The Hall–Kier alpha value is -2.62. The van der Waals surface area contributed by atoms with Gasteiger partial charge in [-0.05, 0) is 24.6 Å². The third kappa shape index (κ3) is 1.87. The van der Waals surface area contributed by atoms with Crippen molar-refractivity contribution in [2.75, 3.05) is 0 Å². The monoisotopic (exact) mass is 252 g/mol. The summed E-state index contributed by atoms with van der Waals surface area (Å²) in [6.45, 7) is 1.97. The highest BCUT2D eigenvalue weighted by Gasteiger charge is 2.10. The SMILES string of the molecule is Cc1cccc(-c2c(=O)[nH]c(=O)n3ccccc23)c1. The van der Waals surface area contributed by atoms with Gasteiger partial charge in [-0.15, -0.1) is 0 Å². The Balaban J connectivity index is 2.48. The summed E-state index contributed by atoms with van der Waals surface area (Å²) < 4.78 is 1.44. The molecule has 0 radical (unpaired) electrons. The molecular formula is C15H12N2O2. The molecule has 4 nitrogen and oxygen atoms in total. The molecule has 2 heterocycles. The molecule has 0 amide bonds. The van der Waals surface area contributed by atoms with Gasteiger partial charge in [-0.2, -0.15) is 0 Å². The summed E-state index contributed by atoms with van der Waals surface area (Å²) in [7, 11) is 0. The number of aromatic amines is 1. The van der Waals surface area contributed by atoms with E-state index in [9.17, 15) is 9.59 Å². The minimum Gasteiger partial charge on any atom is -0.273 e. The fourth-order valence-corrected chi connectivity index (χ4v) is 2.24. The normalized spacial score (nSPS) is 10.8. The second kappa shape index (κ2) is 4.24. The Labute approximate surface area is 109 Å². The molecular weight excluding hydrogens is 240 g/mol. The lowest BCUT2D eigenvalue weighted by Crippen LogP contribution is -2.27. The number of pyridine rings is 1. The van der Waals surface area contributed by atoms with Crippen molar-refractivity contribution in [3.05, 3.63) is 75.1 Å². The zero-order valence-corrected chi connectivity index (χ0v) is 10.4. The summed E-state index contributed by atoms with van der Waals surface area (Å²) in [6.07, 6.45) is 1.65. The van der Waals surface area contributed by atoms with E-state index >= 15 is 0 Å². The van der Waals surface area contributed by atoms with Crippen molar-refractivity contribution in [2.24, 2.45) is 0 Å². The van der Waals surface area contributed by atoms with Gasteiger partial charge in [0.05, 0.1) is 11.1 Å². The number of aromatic nitrogens is 2. The van der Waals surface area contributed by atoms with E-state index in [2.05, 4.69) is 4.98 Å². The summed E-state index contributed by atoms with van der Waals surface area (Å²) in [5, 5.41) is 0. The summed E-state index contributed by atoms with van der Waals surface area (Å²) in [5.41, 5.74) is 2.23. The molecule has 94 valence electrons. The number of H-pyrrole nitrogens is 1. The molecule has 0 fully saturated rings. The van der Waals surface area contributed by atoms with Crippen LogP contribution < -0.4 is 11.2 Å². The van der Waals surface area contributed by atoms with Crippen LogP contribution in [0.1, 0.15) is 5.56 Å². The quantitative estimate of drug-likeness (QED) is 0.719. The van der Waals surface area contributed by atoms with Crippen molar-refractivity contribution >= 4 is 5.52 Å². The minimum atomic E-state index is -0.419. The van der Waals surface area contributed by atoms with E-state index in [0.29, 0.717) is 11.1 Å². The average Bonchev–Trinajstić information content (AvgIpc) is 2.39. The highest BCUT2D eigenvalue weighted by atomic mass is 16.2. The molecule has 0 bridgehead atoms. The molecule has 0 spiro atoms. The summed E-state index contributed by atoms with van der Waals surface area (Å²) in [6, 6.07) is 13.0. The van der Waals surface area contributed by atoms with E-state index in [4.69, 9.17) is 0 Å². The van der Waals surface area contributed by atoms with Gasteiger partial charge in [0.1, 0.15) is 0 Å². The van der Waals surface area contributed by atoms with Gasteiger partial charge < -0.3 is 0 Å². The number of nitrogens with one attached hydrogen (secondary N) is 1. The van der Waals surface area contributed by atoms with Gasteiger partial charge in [0.15, 0.2) is 0 Å². The fourth-order valence-electron chi connectivity index (χ4n) is 2.24. The first-order chi connectivity index (χ1) is 9.16. The third-order valence-electron chi connectivity index (χ3n) is 3.09. The molecule has 2 aromatic heterocycles. The number of nitrogens with zero attached hydrogens (tertiary/aromatic N) is 1. The van der Waals surface area contributed by atoms with Crippen LogP contribution in [0.5, 0.6) is 0 Å². The topological polar surface area (TPSA) is 54.3 Å². The largest absolute Gasteiger partial charge is 0.332 e. The van der Waals surface area contributed by atoms with Crippen LogP contribution in [0, 0.1) is 6.92 Å². The molecule has 4 heteroatoms. The highest BCUT2D eigenvalue weighted by Crippen LogP contribution is 2.20. The first kappa shape index (κ1) is 11.5. The lowest BCUT2D eigenvalue weighted by Gasteiger charge is -2.07. The zero-order chi connectivity index (χ0) is 13.4. The second-order valence-electron chi connectivity index (χ2n) is 4.46. The van der Waals surface area contributed by atoms with Crippen molar-refractivity contribution in [3.63, 3.8) is 0 Å². The Morgan fingerprint density at radius 3 is 2.68 bits per heavy atom. The van der Waals surface area contributed by atoms with Crippen molar-refractivity contribution in [1.82, 2.24) is 9.38 Å². The highest BCUT2D eigenvalue weighted by molar-refractivity contribution is 5.79. The smallest absolute Gasteiger partial charge is 0.273 e. The van der Waals surface area contributed by atoms with Crippen LogP contribution in [-0.2, 0) is 0 Å². The molecule has 3 rings (SSSR count). The van der Waals surface area contributed by atoms with Crippen molar-refractivity contribution in [1.29, 1.82) is 0 Å². The molecule has 3 aromatic rings. The van der Waals surface area contributed by atoms with Gasteiger partial charge in [0.25, 0.3) is 5.56 Å². The van der Waals surface area contributed by atoms with Gasteiger partial charge in [-0.3, -0.25) is 14.2 Å². The van der Waals surface area contributed by atoms with Crippen molar-refractivity contribution < 1.29 is 0 Å². The fraction of sp³-hybridized carbons (Fsp3) is 0.0667. The van der Waals surface area contributed by atoms with E-state index in [1.54, 1.807) is 18.3 Å². The number of hydrogen-bond donors (Lipinski definition) is 1. The van der Waals surface area contributed by atoms with E-state index in [-0.39, 0.29) is 5.56 Å². The molecule has 19 heavy (non-hydrogen) atoms. The second-order valence-corrected chi connectivity index (χ2v) is 4.46. The molecule has 1 N–H and O–H groups in total. The van der Waals surface area contributed by atoms with Crippen LogP contribution in [0.2, 0.25) is 0 Å². The Morgan fingerprint density at radius 2 is 1.89 bits per heavy atom. The van der Waals surface area contributed by atoms with E-state index in [0.717, 1.165) is 11.1 Å². The maximum absolute atomic E-state index is 12.1. The molecule has 0 aliphatic heterocycles.